The Morgan fingerprint density at radius 3 is 2.76 bits per heavy atom. The molecule has 33 heavy (non-hydrogen) atoms. The molecule has 0 spiro atoms. The van der Waals surface area contributed by atoms with E-state index < -0.39 is 38.4 Å². The average Bonchev–Trinajstić information content (AvgIpc) is 3.29. The van der Waals surface area contributed by atoms with Gasteiger partial charge in [0.2, 0.25) is 11.8 Å². The summed E-state index contributed by atoms with van der Waals surface area (Å²) in [6, 6.07) is 9.02. The van der Waals surface area contributed by atoms with Crippen molar-refractivity contribution in [1.82, 2.24) is 24.6 Å². The van der Waals surface area contributed by atoms with Crippen LogP contribution >= 0.6 is 7.75 Å². The standard InChI is InChI=1S/C19H25N6O7P/c1-19(27)14(26)12(9-31-33(28,29)22-8-11-6-4-3-5-7-11)32-17(19)25-10-21-13-15(25)23-18(20)24-16(13)30-2/h3-7,10,12,14,17,26-27H,8-9H2,1-2H3,(H2,20,23,24)(H2,22,28,29). The number of ether oxygens (including phenoxy) is 2. The van der Waals surface area contributed by atoms with Gasteiger partial charge in [-0.15, -0.1) is 0 Å². The summed E-state index contributed by atoms with van der Waals surface area (Å²) >= 11 is 0. The van der Waals surface area contributed by atoms with Crippen LogP contribution in [-0.2, 0) is 20.4 Å². The molecule has 3 heterocycles. The maximum atomic E-state index is 12.4. The molecule has 0 bridgehead atoms. The molecule has 5 atom stereocenters. The van der Waals surface area contributed by atoms with E-state index in [9.17, 15) is 19.7 Å². The molecule has 1 aliphatic heterocycles. The number of aliphatic hydroxyl groups excluding tert-OH is 1. The normalized spacial score (nSPS) is 27.0. The Hall–Kier alpha value is -2.64. The van der Waals surface area contributed by atoms with Gasteiger partial charge in [0.25, 0.3) is 0 Å². The first kappa shape index (κ1) is 23.5. The lowest BCUT2D eigenvalue weighted by molar-refractivity contribution is -0.0948. The van der Waals surface area contributed by atoms with E-state index in [1.165, 1.54) is 24.9 Å². The maximum absolute atomic E-state index is 12.4. The minimum Gasteiger partial charge on any atom is -0.479 e. The number of imidazole rings is 1. The SMILES string of the molecule is COc1nc(N)nc2c1ncn2C1OC(COP(=O)(O)NCc2ccccc2)C(O)C1(C)O. The van der Waals surface area contributed by atoms with E-state index in [1.54, 1.807) is 24.3 Å². The highest BCUT2D eigenvalue weighted by Crippen LogP contribution is 2.43. The van der Waals surface area contributed by atoms with Gasteiger partial charge in [0, 0.05) is 6.54 Å². The van der Waals surface area contributed by atoms with E-state index in [2.05, 4.69) is 20.0 Å². The largest absolute Gasteiger partial charge is 0.479 e. The topological polar surface area (TPSA) is 187 Å². The monoisotopic (exact) mass is 480 g/mol. The molecule has 5 unspecified atom stereocenters. The van der Waals surface area contributed by atoms with E-state index in [1.807, 2.05) is 6.07 Å². The van der Waals surface area contributed by atoms with Gasteiger partial charge in [-0.25, -0.2) is 14.6 Å². The van der Waals surface area contributed by atoms with Crippen LogP contribution in [0.5, 0.6) is 5.88 Å². The van der Waals surface area contributed by atoms with Crippen LogP contribution in [0.1, 0.15) is 18.7 Å². The lowest BCUT2D eigenvalue weighted by atomic mass is 9.96. The second-order valence-corrected chi connectivity index (χ2v) is 9.36. The first-order valence-corrected chi connectivity index (χ1v) is 11.6. The highest BCUT2D eigenvalue weighted by molar-refractivity contribution is 7.50. The van der Waals surface area contributed by atoms with Crippen LogP contribution in [-0.4, -0.2) is 66.2 Å². The van der Waals surface area contributed by atoms with Gasteiger partial charge in [0.15, 0.2) is 17.4 Å². The van der Waals surface area contributed by atoms with E-state index in [-0.39, 0.29) is 29.5 Å². The molecule has 1 aliphatic rings. The summed E-state index contributed by atoms with van der Waals surface area (Å²) in [6.45, 7) is 1.01. The van der Waals surface area contributed by atoms with Crippen LogP contribution in [0.3, 0.4) is 0 Å². The van der Waals surface area contributed by atoms with Crippen molar-refractivity contribution in [2.45, 2.75) is 37.5 Å². The van der Waals surface area contributed by atoms with E-state index >= 15 is 0 Å². The Balaban J connectivity index is 1.48. The Morgan fingerprint density at radius 1 is 1.33 bits per heavy atom. The van der Waals surface area contributed by atoms with Gasteiger partial charge in [-0.3, -0.25) is 9.09 Å². The third-order valence-corrected chi connectivity index (χ3v) is 6.40. The first-order valence-electron chi connectivity index (χ1n) is 9.98. The number of nitrogens with one attached hydrogen (secondary N) is 1. The van der Waals surface area contributed by atoms with Gasteiger partial charge in [0.1, 0.15) is 17.8 Å². The fourth-order valence-corrected chi connectivity index (χ4v) is 4.43. The van der Waals surface area contributed by atoms with Gasteiger partial charge >= 0.3 is 7.75 Å². The summed E-state index contributed by atoms with van der Waals surface area (Å²) in [4.78, 5) is 22.4. The Morgan fingerprint density at radius 2 is 2.06 bits per heavy atom. The molecular weight excluding hydrogens is 455 g/mol. The minimum absolute atomic E-state index is 0.0788. The molecule has 0 amide bonds. The van der Waals surface area contributed by atoms with Crippen molar-refractivity contribution < 1.29 is 33.7 Å². The number of benzene rings is 1. The number of aromatic nitrogens is 4. The second-order valence-electron chi connectivity index (χ2n) is 7.75. The number of fused-ring (bicyclic) bond motifs is 1. The zero-order valence-electron chi connectivity index (χ0n) is 17.9. The van der Waals surface area contributed by atoms with Crippen LogP contribution in [0.25, 0.3) is 11.2 Å². The molecule has 2 aromatic heterocycles. The van der Waals surface area contributed by atoms with Gasteiger partial charge in [-0.05, 0) is 12.5 Å². The molecular formula is C19H25N6O7P. The number of hydrogen-bond donors (Lipinski definition) is 5. The molecule has 0 radical (unpaired) electrons. The minimum atomic E-state index is -4.21. The lowest BCUT2D eigenvalue weighted by Gasteiger charge is -2.27. The van der Waals surface area contributed by atoms with Gasteiger partial charge in [-0.1, -0.05) is 30.3 Å². The highest BCUT2D eigenvalue weighted by Gasteiger charge is 2.54. The molecule has 14 heteroatoms. The predicted octanol–water partition coefficient (Wildman–Crippen LogP) is 0.333. The average molecular weight is 480 g/mol. The van der Waals surface area contributed by atoms with E-state index in [4.69, 9.17) is 19.7 Å². The predicted molar refractivity (Wildman–Crippen MR) is 116 cm³/mol. The molecule has 4 rings (SSSR count). The number of aliphatic hydroxyl groups is 2. The summed E-state index contributed by atoms with van der Waals surface area (Å²) in [6.07, 6.45) is -2.38. The number of methoxy groups -OCH3 is 1. The molecule has 1 aromatic carbocycles. The molecule has 1 saturated heterocycles. The van der Waals surface area contributed by atoms with Gasteiger partial charge < -0.3 is 30.3 Å². The number of rotatable bonds is 8. The van der Waals surface area contributed by atoms with Crippen molar-refractivity contribution >= 4 is 24.9 Å². The summed E-state index contributed by atoms with van der Waals surface area (Å²) in [5.41, 5.74) is 5.21. The zero-order valence-corrected chi connectivity index (χ0v) is 18.8. The summed E-state index contributed by atoms with van der Waals surface area (Å²) in [5.74, 6) is 0.0601. The third kappa shape index (κ3) is 4.70. The summed E-state index contributed by atoms with van der Waals surface area (Å²) in [5, 5.41) is 24.1. The van der Waals surface area contributed by atoms with Crippen LogP contribution < -0.4 is 15.6 Å². The van der Waals surface area contributed by atoms with Gasteiger partial charge in [0.05, 0.1) is 20.0 Å². The number of hydrogen-bond acceptors (Lipinski definition) is 10. The number of nitrogens with zero attached hydrogens (tertiary/aromatic N) is 4. The Labute approximate surface area is 188 Å². The fourth-order valence-electron chi connectivity index (χ4n) is 3.61. The number of anilines is 1. The Bertz CT molecular complexity index is 1170. The molecule has 3 aromatic rings. The van der Waals surface area contributed by atoms with Crippen molar-refractivity contribution in [1.29, 1.82) is 0 Å². The molecule has 1 fully saturated rings. The van der Waals surface area contributed by atoms with Crippen LogP contribution in [0.15, 0.2) is 36.7 Å². The van der Waals surface area contributed by atoms with Crippen molar-refractivity contribution in [3.8, 4) is 5.88 Å². The maximum Gasteiger partial charge on any atom is 0.403 e. The van der Waals surface area contributed by atoms with Crippen LogP contribution in [0.4, 0.5) is 5.95 Å². The van der Waals surface area contributed by atoms with Gasteiger partial charge in [-0.2, -0.15) is 9.97 Å². The van der Waals surface area contributed by atoms with E-state index in [0.717, 1.165) is 5.56 Å². The number of nitrogens with two attached hydrogens (primary N) is 1. The van der Waals surface area contributed by atoms with Crippen molar-refractivity contribution in [2.24, 2.45) is 0 Å². The highest BCUT2D eigenvalue weighted by atomic mass is 31.2. The van der Waals surface area contributed by atoms with Crippen molar-refractivity contribution in [3.05, 3.63) is 42.2 Å². The molecule has 0 saturated carbocycles. The second kappa shape index (κ2) is 8.95. The van der Waals surface area contributed by atoms with E-state index in [0.29, 0.717) is 0 Å². The molecule has 178 valence electrons. The number of nitrogen functional groups attached to an aromatic ring is 1. The summed E-state index contributed by atoms with van der Waals surface area (Å²) in [7, 11) is -2.81. The fraction of sp³-hybridized carbons (Fsp3) is 0.421. The molecule has 6 N–H and O–H groups in total. The van der Waals surface area contributed by atoms with Crippen molar-refractivity contribution in [2.75, 3.05) is 19.5 Å². The quantitative estimate of drug-likeness (QED) is 0.279. The lowest BCUT2D eigenvalue weighted by Crippen LogP contribution is -2.44. The third-order valence-electron chi connectivity index (χ3n) is 5.35. The Kier molecular flexibility index (Phi) is 6.38. The summed E-state index contributed by atoms with van der Waals surface area (Å²) < 4.78 is 29.8. The molecule has 13 nitrogen and oxygen atoms in total. The van der Waals surface area contributed by atoms with Crippen LogP contribution in [0.2, 0.25) is 0 Å². The van der Waals surface area contributed by atoms with Crippen LogP contribution in [0, 0.1) is 0 Å². The van der Waals surface area contributed by atoms with Crippen molar-refractivity contribution in [3.63, 3.8) is 0 Å². The first-order chi connectivity index (χ1) is 15.6. The zero-order chi connectivity index (χ0) is 23.8. The smallest absolute Gasteiger partial charge is 0.403 e. The molecule has 0 aliphatic carbocycles.